The highest BCUT2D eigenvalue weighted by Crippen LogP contribution is 2.29. The molecule has 1 aliphatic rings. The van der Waals surface area contributed by atoms with Crippen LogP contribution in [0.25, 0.3) is 0 Å². The molecule has 27 heavy (non-hydrogen) atoms. The fraction of sp³-hybridized carbons (Fsp3) is 0.474. The molecule has 0 spiro atoms. The monoisotopic (exact) mass is 404 g/mol. The number of hydrogen-bond donors (Lipinski definition) is 2. The lowest BCUT2D eigenvalue weighted by atomic mass is 9.85. The molecule has 1 aliphatic carbocycles. The number of benzene rings is 1. The fourth-order valence-electron chi connectivity index (χ4n) is 2.68. The Morgan fingerprint density at radius 1 is 1.19 bits per heavy atom. The molecule has 0 saturated heterocycles. The molecule has 144 valence electrons. The molecule has 1 heterocycles. The van der Waals surface area contributed by atoms with Gasteiger partial charge >= 0.3 is 0 Å². The van der Waals surface area contributed by atoms with Gasteiger partial charge in [0, 0.05) is 25.1 Å². The van der Waals surface area contributed by atoms with E-state index in [0.29, 0.717) is 11.0 Å². The van der Waals surface area contributed by atoms with Crippen LogP contribution in [0.4, 0.5) is 5.13 Å². The van der Waals surface area contributed by atoms with Crippen molar-refractivity contribution in [2.45, 2.75) is 49.1 Å². The van der Waals surface area contributed by atoms with Gasteiger partial charge in [0.25, 0.3) is 0 Å². The Hall–Kier alpha value is -1.93. The van der Waals surface area contributed by atoms with Crippen LogP contribution in [0.2, 0.25) is 0 Å². The van der Waals surface area contributed by atoms with Crippen LogP contribution in [0.15, 0.2) is 28.6 Å². The van der Waals surface area contributed by atoms with E-state index in [1.54, 1.807) is 11.8 Å². The zero-order valence-corrected chi connectivity index (χ0v) is 17.0. The van der Waals surface area contributed by atoms with Crippen molar-refractivity contribution in [3.8, 4) is 0 Å². The second-order valence-electron chi connectivity index (χ2n) is 6.74. The number of hydrogen-bond acceptors (Lipinski definition) is 6. The van der Waals surface area contributed by atoms with Gasteiger partial charge in [-0.15, -0.1) is 10.2 Å². The Balaban J connectivity index is 1.37. The number of thioether (sulfide) groups is 1. The summed E-state index contributed by atoms with van der Waals surface area (Å²) in [5.41, 5.74) is 2.51. The predicted octanol–water partition coefficient (Wildman–Crippen LogP) is 3.77. The number of carbonyl (C=O) groups excluding carboxylic acids is 2. The van der Waals surface area contributed by atoms with E-state index in [0.717, 1.165) is 16.6 Å². The molecule has 2 N–H and O–H groups in total. The maximum absolute atomic E-state index is 12.0. The van der Waals surface area contributed by atoms with Crippen molar-refractivity contribution in [2.75, 3.05) is 11.9 Å². The van der Waals surface area contributed by atoms with Crippen molar-refractivity contribution in [2.24, 2.45) is 5.92 Å². The van der Waals surface area contributed by atoms with Gasteiger partial charge in [-0.25, -0.2) is 0 Å². The minimum absolute atomic E-state index is 0.0659. The summed E-state index contributed by atoms with van der Waals surface area (Å²) in [6.45, 7) is 2.82. The van der Waals surface area contributed by atoms with Crippen molar-refractivity contribution in [1.29, 1.82) is 0 Å². The maximum atomic E-state index is 12.0. The standard InChI is InChI=1S/C19H24N4O2S2/c1-13-5-2-3-8-15(13)12-26-19-23-22-18(27-19)21-17(25)10-9-16(24)20-11-14-6-4-7-14/h2-3,5,8,14H,4,6-7,9-12H2,1H3,(H,20,24)(H,21,22,25). The summed E-state index contributed by atoms with van der Waals surface area (Å²) in [5, 5.41) is 14.2. The van der Waals surface area contributed by atoms with E-state index in [1.807, 2.05) is 12.1 Å². The highest BCUT2D eigenvalue weighted by molar-refractivity contribution is 8.00. The van der Waals surface area contributed by atoms with E-state index < -0.39 is 0 Å². The summed E-state index contributed by atoms with van der Waals surface area (Å²) in [4.78, 5) is 23.8. The predicted molar refractivity (Wildman–Crippen MR) is 109 cm³/mol. The lowest BCUT2D eigenvalue weighted by Gasteiger charge is -2.25. The average Bonchev–Trinajstić information content (AvgIpc) is 3.05. The van der Waals surface area contributed by atoms with Gasteiger partial charge in [0.1, 0.15) is 0 Å². The molecule has 1 fully saturated rings. The van der Waals surface area contributed by atoms with Gasteiger partial charge in [0.15, 0.2) is 4.34 Å². The van der Waals surface area contributed by atoms with E-state index in [9.17, 15) is 9.59 Å². The number of rotatable bonds is 9. The Bertz CT molecular complexity index is 790. The van der Waals surface area contributed by atoms with Crippen LogP contribution < -0.4 is 10.6 Å². The van der Waals surface area contributed by atoms with Crippen molar-refractivity contribution in [3.05, 3.63) is 35.4 Å². The maximum Gasteiger partial charge on any atom is 0.226 e. The Morgan fingerprint density at radius 2 is 1.96 bits per heavy atom. The van der Waals surface area contributed by atoms with Crippen molar-refractivity contribution in [3.63, 3.8) is 0 Å². The molecule has 0 unspecified atom stereocenters. The Kier molecular flexibility index (Phi) is 7.23. The number of aryl methyl sites for hydroxylation is 1. The van der Waals surface area contributed by atoms with E-state index in [-0.39, 0.29) is 24.7 Å². The van der Waals surface area contributed by atoms with Crippen LogP contribution in [0.1, 0.15) is 43.2 Å². The second-order valence-corrected chi connectivity index (χ2v) is 8.94. The Morgan fingerprint density at radius 3 is 2.70 bits per heavy atom. The first-order chi connectivity index (χ1) is 13.1. The first-order valence-corrected chi connectivity index (χ1v) is 11.0. The lowest BCUT2D eigenvalue weighted by Crippen LogP contribution is -2.32. The van der Waals surface area contributed by atoms with Gasteiger partial charge in [-0.05, 0) is 36.8 Å². The van der Waals surface area contributed by atoms with Crippen LogP contribution in [-0.4, -0.2) is 28.6 Å². The Labute approximate surface area is 167 Å². The van der Waals surface area contributed by atoms with Gasteiger partial charge in [-0.1, -0.05) is 53.8 Å². The highest BCUT2D eigenvalue weighted by atomic mass is 32.2. The SMILES string of the molecule is Cc1ccccc1CSc1nnc(NC(=O)CCC(=O)NCC2CCC2)s1. The van der Waals surface area contributed by atoms with Gasteiger partial charge in [-0.2, -0.15) is 0 Å². The number of nitrogens with zero attached hydrogens (tertiary/aromatic N) is 2. The molecule has 0 bridgehead atoms. The number of anilines is 1. The molecule has 0 aliphatic heterocycles. The van der Waals surface area contributed by atoms with Crippen LogP contribution >= 0.6 is 23.1 Å². The number of carbonyl (C=O) groups is 2. The van der Waals surface area contributed by atoms with E-state index >= 15 is 0 Å². The summed E-state index contributed by atoms with van der Waals surface area (Å²) in [6, 6.07) is 8.23. The van der Waals surface area contributed by atoms with Crippen LogP contribution in [0, 0.1) is 12.8 Å². The normalized spacial score (nSPS) is 13.8. The van der Waals surface area contributed by atoms with Crippen LogP contribution in [0.3, 0.4) is 0 Å². The van der Waals surface area contributed by atoms with Gasteiger partial charge < -0.3 is 10.6 Å². The van der Waals surface area contributed by atoms with Crippen molar-refractivity contribution < 1.29 is 9.59 Å². The molecule has 8 heteroatoms. The second kappa shape index (κ2) is 9.85. The first-order valence-electron chi connectivity index (χ1n) is 9.17. The number of nitrogens with one attached hydrogen (secondary N) is 2. The van der Waals surface area contributed by atoms with E-state index in [1.165, 1.54) is 41.7 Å². The third-order valence-corrected chi connectivity index (χ3v) is 6.68. The first kappa shape index (κ1) is 19.8. The molecule has 0 atom stereocenters. The van der Waals surface area contributed by atoms with Gasteiger partial charge in [0.2, 0.25) is 16.9 Å². The van der Waals surface area contributed by atoms with E-state index in [4.69, 9.17) is 0 Å². The lowest BCUT2D eigenvalue weighted by molar-refractivity contribution is -0.124. The highest BCUT2D eigenvalue weighted by Gasteiger charge is 2.18. The number of amides is 2. The summed E-state index contributed by atoms with van der Waals surface area (Å²) >= 11 is 2.95. The van der Waals surface area contributed by atoms with Crippen molar-refractivity contribution >= 4 is 40.0 Å². The van der Waals surface area contributed by atoms with Crippen LogP contribution in [-0.2, 0) is 15.3 Å². The minimum Gasteiger partial charge on any atom is -0.356 e. The topological polar surface area (TPSA) is 84.0 Å². The third kappa shape index (κ3) is 6.32. The van der Waals surface area contributed by atoms with Gasteiger partial charge in [-0.3, -0.25) is 9.59 Å². The molecule has 3 rings (SSSR count). The summed E-state index contributed by atoms with van der Waals surface area (Å²) in [5.74, 6) is 1.17. The molecular formula is C19H24N4O2S2. The van der Waals surface area contributed by atoms with Crippen LogP contribution in [0.5, 0.6) is 0 Å². The quantitative estimate of drug-likeness (QED) is 0.491. The largest absolute Gasteiger partial charge is 0.356 e. The van der Waals surface area contributed by atoms with Gasteiger partial charge in [0.05, 0.1) is 0 Å². The van der Waals surface area contributed by atoms with E-state index in [2.05, 4.69) is 39.9 Å². The zero-order valence-electron chi connectivity index (χ0n) is 15.4. The molecule has 2 aromatic rings. The summed E-state index contributed by atoms with van der Waals surface area (Å²) < 4.78 is 0.812. The summed E-state index contributed by atoms with van der Waals surface area (Å²) in [6.07, 6.45) is 4.01. The molecule has 1 aromatic heterocycles. The smallest absolute Gasteiger partial charge is 0.226 e. The summed E-state index contributed by atoms with van der Waals surface area (Å²) in [7, 11) is 0. The van der Waals surface area contributed by atoms with Crippen molar-refractivity contribution in [1.82, 2.24) is 15.5 Å². The molecule has 1 aromatic carbocycles. The molecule has 2 amide bonds. The fourth-order valence-corrected chi connectivity index (χ4v) is 4.53. The average molecular weight is 405 g/mol. The molecule has 6 nitrogen and oxygen atoms in total. The molecule has 1 saturated carbocycles. The molecular weight excluding hydrogens is 380 g/mol. The zero-order chi connectivity index (χ0) is 19.1. The third-order valence-electron chi connectivity index (χ3n) is 4.66. The molecule has 0 radical (unpaired) electrons. The number of aromatic nitrogens is 2. The minimum atomic E-state index is -0.208.